The van der Waals surface area contributed by atoms with Crippen LogP contribution in [0.3, 0.4) is 0 Å². The van der Waals surface area contributed by atoms with E-state index in [2.05, 4.69) is 31.3 Å². The van der Waals surface area contributed by atoms with E-state index < -0.39 is 0 Å². The lowest BCUT2D eigenvalue weighted by atomic mass is 10.4. The minimum Gasteiger partial charge on any atom is -0.367 e. The Balaban J connectivity index is 1.86. The van der Waals surface area contributed by atoms with Gasteiger partial charge in [0.05, 0.1) is 11.0 Å². The third-order valence-electron chi connectivity index (χ3n) is 1.95. The Hall–Kier alpha value is -1.36. The molecule has 0 spiro atoms. The lowest BCUT2D eigenvalue weighted by Crippen LogP contribution is -2.11. The van der Waals surface area contributed by atoms with Gasteiger partial charge in [-0.05, 0) is 34.1 Å². The van der Waals surface area contributed by atoms with Gasteiger partial charge in [0.25, 0.3) is 0 Å². The minimum absolute atomic E-state index is 0.803. The first kappa shape index (κ1) is 10.2. The first-order valence-electron chi connectivity index (χ1n) is 4.68. The molecule has 0 atom stereocenters. The molecule has 0 aliphatic rings. The number of hydrogen-bond acceptors (Lipinski definition) is 3. The van der Waals surface area contributed by atoms with Crippen molar-refractivity contribution in [3.63, 3.8) is 0 Å². The first-order chi connectivity index (χ1) is 7.36. The maximum absolute atomic E-state index is 4.21. The average Bonchev–Trinajstić information content (AvgIpc) is 2.74. The van der Waals surface area contributed by atoms with Crippen molar-refractivity contribution >= 4 is 21.7 Å². The van der Waals surface area contributed by atoms with Crippen molar-refractivity contribution in [2.45, 2.75) is 6.54 Å². The van der Waals surface area contributed by atoms with Crippen LogP contribution in [0.4, 0.5) is 5.82 Å². The fourth-order valence-electron chi connectivity index (χ4n) is 1.24. The summed E-state index contributed by atoms with van der Waals surface area (Å²) in [6, 6.07) is 5.77. The summed E-state index contributed by atoms with van der Waals surface area (Å²) in [6.45, 7) is 1.63. The normalized spacial score (nSPS) is 10.2. The Labute approximate surface area is 96.5 Å². The van der Waals surface area contributed by atoms with Crippen LogP contribution in [-0.4, -0.2) is 21.3 Å². The summed E-state index contributed by atoms with van der Waals surface area (Å²) in [5.74, 6) is 0.865. The molecule has 4 nitrogen and oxygen atoms in total. The molecule has 0 radical (unpaired) electrons. The molecule has 15 heavy (non-hydrogen) atoms. The molecule has 78 valence electrons. The molecule has 0 amide bonds. The third kappa shape index (κ3) is 2.79. The van der Waals surface area contributed by atoms with Gasteiger partial charge in [-0.15, -0.1) is 0 Å². The SMILES string of the molecule is Brc1cccnc1NCCn1cccn1. The number of halogens is 1. The summed E-state index contributed by atoms with van der Waals surface area (Å²) >= 11 is 3.43. The summed E-state index contributed by atoms with van der Waals surface area (Å²) < 4.78 is 2.86. The molecule has 0 saturated heterocycles. The summed E-state index contributed by atoms with van der Waals surface area (Å²) in [6.07, 6.45) is 5.48. The van der Waals surface area contributed by atoms with Crippen LogP contribution in [0.15, 0.2) is 41.3 Å². The topological polar surface area (TPSA) is 42.7 Å². The van der Waals surface area contributed by atoms with E-state index in [-0.39, 0.29) is 0 Å². The van der Waals surface area contributed by atoms with Crippen LogP contribution in [-0.2, 0) is 6.54 Å². The first-order valence-corrected chi connectivity index (χ1v) is 5.47. The van der Waals surface area contributed by atoms with E-state index >= 15 is 0 Å². The highest BCUT2D eigenvalue weighted by Crippen LogP contribution is 2.17. The van der Waals surface area contributed by atoms with Crippen molar-refractivity contribution in [2.75, 3.05) is 11.9 Å². The molecule has 0 aliphatic heterocycles. The van der Waals surface area contributed by atoms with E-state index in [4.69, 9.17) is 0 Å². The van der Waals surface area contributed by atoms with Gasteiger partial charge in [0, 0.05) is 25.1 Å². The fourth-order valence-corrected chi connectivity index (χ4v) is 1.63. The number of rotatable bonds is 4. The van der Waals surface area contributed by atoms with E-state index in [1.807, 2.05) is 29.1 Å². The molecule has 2 heterocycles. The second kappa shape index (κ2) is 4.93. The molecular weight excluding hydrogens is 256 g/mol. The zero-order valence-electron chi connectivity index (χ0n) is 8.10. The van der Waals surface area contributed by atoms with Crippen molar-refractivity contribution in [1.82, 2.24) is 14.8 Å². The van der Waals surface area contributed by atoms with Crippen molar-refractivity contribution in [2.24, 2.45) is 0 Å². The zero-order valence-corrected chi connectivity index (χ0v) is 9.68. The highest BCUT2D eigenvalue weighted by molar-refractivity contribution is 9.10. The Morgan fingerprint density at radius 3 is 3.00 bits per heavy atom. The molecule has 2 aromatic rings. The van der Waals surface area contributed by atoms with Gasteiger partial charge < -0.3 is 5.32 Å². The monoisotopic (exact) mass is 266 g/mol. The molecule has 2 aromatic heterocycles. The standard InChI is InChI=1S/C10H11BrN4/c11-9-3-1-4-12-10(9)13-6-8-15-7-2-5-14-15/h1-5,7H,6,8H2,(H,12,13). The lowest BCUT2D eigenvalue weighted by Gasteiger charge is -2.06. The van der Waals surface area contributed by atoms with Crippen molar-refractivity contribution in [3.05, 3.63) is 41.3 Å². The molecule has 0 bridgehead atoms. The van der Waals surface area contributed by atoms with Crippen LogP contribution >= 0.6 is 15.9 Å². The molecule has 2 rings (SSSR count). The fraction of sp³-hybridized carbons (Fsp3) is 0.200. The zero-order chi connectivity index (χ0) is 10.5. The third-order valence-corrected chi connectivity index (χ3v) is 2.59. The van der Waals surface area contributed by atoms with Gasteiger partial charge in [-0.3, -0.25) is 4.68 Å². The molecular formula is C10H11BrN4. The Morgan fingerprint density at radius 2 is 2.27 bits per heavy atom. The second-order valence-corrected chi connectivity index (χ2v) is 3.88. The summed E-state index contributed by atoms with van der Waals surface area (Å²) in [5, 5.41) is 7.35. The number of aromatic nitrogens is 3. The second-order valence-electron chi connectivity index (χ2n) is 3.03. The Kier molecular flexibility index (Phi) is 3.34. The number of nitrogens with zero attached hydrogens (tertiary/aromatic N) is 3. The highest BCUT2D eigenvalue weighted by Gasteiger charge is 1.98. The van der Waals surface area contributed by atoms with E-state index in [0.29, 0.717) is 0 Å². The molecule has 1 N–H and O–H groups in total. The summed E-state index contributed by atoms with van der Waals surface area (Å²) in [4.78, 5) is 4.21. The molecule has 0 aromatic carbocycles. The predicted molar refractivity (Wildman–Crippen MR) is 62.7 cm³/mol. The predicted octanol–water partition coefficient (Wildman–Crippen LogP) is 2.15. The van der Waals surface area contributed by atoms with Crippen LogP contribution in [0.2, 0.25) is 0 Å². The van der Waals surface area contributed by atoms with Gasteiger partial charge in [-0.2, -0.15) is 5.10 Å². The maximum Gasteiger partial charge on any atom is 0.140 e. The molecule has 0 saturated carbocycles. The lowest BCUT2D eigenvalue weighted by molar-refractivity contribution is 0.637. The smallest absolute Gasteiger partial charge is 0.140 e. The van der Waals surface area contributed by atoms with E-state index in [1.165, 1.54) is 0 Å². The van der Waals surface area contributed by atoms with Gasteiger partial charge in [0.1, 0.15) is 5.82 Å². The highest BCUT2D eigenvalue weighted by atomic mass is 79.9. The average molecular weight is 267 g/mol. The van der Waals surface area contributed by atoms with Crippen molar-refractivity contribution in [1.29, 1.82) is 0 Å². The van der Waals surface area contributed by atoms with Crippen LogP contribution in [0.25, 0.3) is 0 Å². The van der Waals surface area contributed by atoms with Crippen LogP contribution in [0.1, 0.15) is 0 Å². The van der Waals surface area contributed by atoms with Gasteiger partial charge >= 0.3 is 0 Å². The summed E-state index contributed by atoms with van der Waals surface area (Å²) in [5.41, 5.74) is 0. The van der Waals surface area contributed by atoms with E-state index in [0.717, 1.165) is 23.4 Å². The minimum atomic E-state index is 0.803. The van der Waals surface area contributed by atoms with Crippen LogP contribution in [0.5, 0.6) is 0 Å². The van der Waals surface area contributed by atoms with E-state index in [9.17, 15) is 0 Å². The Morgan fingerprint density at radius 1 is 1.33 bits per heavy atom. The van der Waals surface area contributed by atoms with Crippen molar-refractivity contribution < 1.29 is 0 Å². The quantitative estimate of drug-likeness (QED) is 0.923. The number of nitrogens with one attached hydrogen (secondary N) is 1. The van der Waals surface area contributed by atoms with Crippen LogP contribution < -0.4 is 5.32 Å². The number of hydrogen-bond donors (Lipinski definition) is 1. The molecule has 0 unspecified atom stereocenters. The molecule has 0 aliphatic carbocycles. The largest absolute Gasteiger partial charge is 0.367 e. The summed E-state index contributed by atoms with van der Waals surface area (Å²) in [7, 11) is 0. The van der Waals surface area contributed by atoms with Gasteiger partial charge in [-0.25, -0.2) is 4.98 Å². The number of pyridine rings is 1. The maximum atomic E-state index is 4.21. The van der Waals surface area contributed by atoms with Crippen LogP contribution in [0, 0.1) is 0 Å². The van der Waals surface area contributed by atoms with Gasteiger partial charge in [0.2, 0.25) is 0 Å². The van der Waals surface area contributed by atoms with Gasteiger partial charge in [-0.1, -0.05) is 0 Å². The number of anilines is 1. The van der Waals surface area contributed by atoms with Gasteiger partial charge in [0.15, 0.2) is 0 Å². The van der Waals surface area contributed by atoms with Crippen molar-refractivity contribution in [3.8, 4) is 0 Å². The Bertz CT molecular complexity index is 413. The molecule has 5 heteroatoms. The molecule has 0 fully saturated rings. The van der Waals surface area contributed by atoms with E-state index in [1.54, 1.807) is 12.4 Å².